The lowest BCUT2D eigenvalue weighted by Crippen LogP contribution is -2.08. The number of hydrogen-bond donors (Lipinski definition) is 1. The van der Waals surface area contributed by atoms with E-state index in [4.69, 9.17) is 0 Å². The summed E-state index contributed by atoms with van der Waals surface area (Å²) in [4.78, 5) is 5.38. The summed E-state index contributed by atoms with van der Waals surface area (Å²) in [7, 11) is 0. The van der Waals surface area contributed by atoms with Crippen LogP contribution in [-0.2, 0) is 6.42 Å². The van der Waals surface area contributed by atoms with Gasteiger partial charge in [0.15, 0.2) is 4.96 Å². The van der Waals surface area contributed by atoms with E-state index < -0.39 is 0 Å². The topological polar surface area (TPSA) is 37.5 Å². The van der Waals surface area contributed by atoms with E-state index in [1.807, 2.05) is 29.1 Å². The molecule has 0 saturated heterocycles. The second kappa shape index (κ2) is 3.47. The molecule has 0 aliphatic rings. The zero-order valence-corrected chi connectivity index (χ0v) is 8.29. The molecule has 3 nitrogen and oxygen atoms in total. The van der Waals surface area contributed by atoms with Crippen LogP contribution < -0.4 is 0 Å². The molecule has 70 valence electrons. The number of nitrogens with zero attached hydrogens (tertiary/aromatic N) is 2. The highest BCUT2D eigenvalue weighted by Gasteiger charge is 2.06. The van der Waals surface area contributed by atoms with Gasteiger partial charge in [0, 0.05) is 24.2 Å². The summed E-state index contributed by atoms with van der Waals surface area (Å²) >= 11 is 1.61. The molecule has 13 heavy (non-hydrogen) atoms. The van der Waals surface area contributed by atoms with Crippen molar-refractivity contribution in [2.75, 3.05) is 0 Å². The molecule has 0 aromatic carbocycles. The molecule has 0 fully saturated rings. The van der Waals surface area contributed by atoms with Gasteiger partial charge in [0.05, 0.1) is 11.8 Å². The molecule has 0 aliphatic carbocycles. The Morgan fingerprint density at radius 3 is 3.23 bits per heavy atom. The lowest BCUT2D eigenvalue weighted by atomic mass is 10.2. The SMILES string of the molecule is CCC(O)Cc1cn2ccsc2n1. The molecular formula is C9H12N2OS. The third-order valence-electron chi connectivity index (χ3n) is 2.06. The Bertz CT molecular complexity index is 364. The van der Waals surface area contributed by atoms with Crippen molar-refractivity contribution in [3.8, 4) is 0 Å². The number of imidazole rings is 1. The van der Waals surface area contributed by atoms with Crippen LogP contribution in [0.4, 0.5) is 0 Å². The Balaban J connectivity index is 2.20. The van der Waals surface area contributed by atoms with E-state index in [1.54, 1.807) is 11.3 Å². The van der Waals surface area contributed by atoms with Crippen LogP contribution in [0.25, 0.3) is 4.96 Å². The molecule has 0 amide bonds. The summed E-state index contributed by atoms with van der Waals surface area (Å²) in [5.41, 5.74) is 0.973. The van der Waals surface area contributed by atoms with E-state index in [0.29, 0.717) is 6.42 Å². The minimum Gasteiger partial charge on any atom is -0.393 e. The molecule has 2 rings (SSSR count). The van der Waals surface area contributed by atoms with Gasteiger partial charge in [0.1, 0.15) is 0 Å². The van der Waals surface area contributed by atoms with Crippen molar-refractivity contribution in [2.24, 2.45) is 0 Å². The van der Waals surface area contributed by atoms with Crippen LogP contribution in [0.1, 0.15) is 19.0 Å². The number of fused-ring (bicyclic) bond motifs is 1. The average Bonchev–Trinajstić information content (AvgIpc) is 2.63. The van der Waals surface area contributed by atoms with Gasteiger partial charge in [-0.05, 0) is 6.42 Å². The van der Waals surface area contributed by atoms with Gasteiger partial charge >= 0.3 is 0 Å². The zero-order chi connectivity index (χ0) is 9.26. The van der Waals surface area contributed by atoms with Crippen molar-refractivity contribution in [1.29, 1.82) is 0 Å². The van der Waals surface area contributed by atoms with Crippen LogP contribution in [-0.4, -0.2) is 20.6 Å². The zero-order valence-electron chi connectivity index (χ0n) is 7.47. The second-order valence-corrected chi connectivity index (χ2v) is 3.96. The van der Waals surface area contributed by atoms with E-state index in [9.17, 15) is 5.11 Å². The fraction of sp³-hybridized carbons (Fsp3) is 0.444. The molecule has 1 N–H and O–H groups in total. The number of aromatic nitrogens is 2. The van der Waals surface area contributed by atoms with Crippen LogP contribution in [0.3, 0.4) is 0 Å². The van der Waals surface area contributed by atoms with Gasteiger partial charge in [-0.1, -0.05) is 6.92 Å². The van der Waals surface area contributed by atoms with E-state index in [1.165, 1.54) is 0 Å². The largest absolute Gasteiger partial charge is 0.393 e. The summed E-state index contributed by atoms with van der Waals surface area (Å²) in [6.07, 6.45) is 5.14. The van der Waals surface area contributed by atoms with Crippen LogP contribution in [0, 0.1) is 0 Å². The van der Waals surface area contributed by atoms with Crippen molar-refractivity contribution < 1.29 is 5.11 Å². The number of hydrogen-bond acceptors (Lipinski definition) is 3. The Hall–Kier alpha value is -0.870. The summed E-state index contributed by atoms with van der Waals surface area (Å²) < 4.78 is 1.99. The smallest absolute Gasteiger partial charge is 0.193 e. The van der Waals surface area contributed by atoms with Gasteiger partial charge < -0.3 is 5.11 Å². The third kappa shape index (κ3) is 1.73. The molecule has 1 unspecified atom stereocenters. The summed E-state index contributed by atoms with van der Waals surface area (Å²) in [6, 6.07) is 0. The van der Waals surface area contributed by atoms with Crippen molar-refractivity contribution in [1.82, 2.24) is 9.38 Å². The van der Waals surface area contributed by atoms with Crippen LogP contribution in [0.2, 0.25) is 0 Å². The molecular weight excluding hydrogens is 184 g/mol. The van der Waals surface area contributed by atoms with Crippen molar-refractivity contribution in [3.05, 3.63) is 23.5 Å². The maximum Gasteiger partial charge on any atom is 0.193 e. The van der Waals surface area contributed by atoms with Crippen LogP contribution >= 0.6 is 11.3 Å². The highest BCUT2D eigenvalue weighted by Crippen LogP contribution is 2.12. The first-order chi connectivity index (χ1) is 6.29. The average molecular weight is 196 g/mol. The maximum absolute atomic E-state index is 9.43. The quantitative estimate of drug-likeness (QED) is 0.811. The highest BCUT2D eigenvalue weighted by molar-refractivity contribution is 7.15. The molecule has 1 atom stereocenters. The predicted octanol–water partition coefficient (Wildman–Crippen LogP) is 1.71. The fourth-order valence-corrected chi connectivity index (χ4v) is 1.98. The third-order valence-corrected chi connectivity index (χ3v) is 2.83. The first-order valence-electron chi connectivity index (χ1n) is 4.38. The Kier molecular flexibility index (Phi) is 2.33. The molecule has 0 saturated carbocycles. The van der Waals surface area contributed by atoms with Gasteiger partial charge in [-0.2, -0.15) is 0 Å². The first-order valence-corrected chi connectivity index (χ1v) is 5.26. The van der Waals surface area contributed by atoms with E-state index in [2.05, 4.69) is 4.98 Å². The van der Waals surface area contributed by atoms with Crippen molar-refractivity contribution in [3.63, 3.8) is 0 Å². The van der Waals surface area contributed by atoms with Crippen molar-refractivity contribution >= 4 is 16.3 Å². The monoisotopic (exact) mass is 196 g/mol. The standard InChI is InChI=1S/C9H12N2OS/c1-2-8(12)5-7-6-11-3-4-13-9(11)10-7/h3-4,6,8,12H,2,5H2,1H3. The lowest BCUT2D eigenvalue weighted by Gasteiger charge is -2.02. The van der Waals surface area contributed by atoms with Gasteiger partial charge in [0.25, 0.3) is 0 Å². The molecule has 2 heterocycles. The molecule has 0 bridgehead atoms. The summed E-state index contributed by atoms with van der Waals surface area (Å²) in [5, 5.41) is 11.4. The van der Waals surface area contributed by atoms with Crippen molar-refractivity contribution in [2.45, 2.75) is 25.9 Å². The van der Waals surface area contributed by atoms with Crippen LogP contribution in [0.15, 0.2) is 17.8 Å². The molecule has 0 radical (unpaired) electrons. The number of aliphatic hydroxyl groups excluding tert-OH is 1. The normalized spacial score (nSPS) is 13.7. The minimum absolute atomic E-state index is 0.260. The minimum atomic E-state index is -0.260. The second-order valence-electron chi connectivity index (χ2n) is 3.09. The van der Waals surface area contributed by atoms with Gasteiger partial charge in [-0.15, -0.1) is 11.3 Å². The molecule has 0 aliphatic heterocycles. The first kappa shape index (κ1) is 8.72. The van der Waals surface area contributed by atoms with Crippen LogP contribution in [0.5, 0.6) is 0 Å². The maximum atomic E-state index is 9.43. The van der Waals surface area contributed by atoms with Gasteiger partial charge in [0.2, 0.25) is 0 Å². The Labute approximate surface area is 80.7 Å². The Morgan fingerprint density at radius 1 is 1.69 bits per heavy atom. The molecule has 4 heteroatoms. The predicted molar refractivity (Wildman–Crippen MR) is 53.1 cm³/mol. The number of aliphatic hydroxyl groups is 1. The number of rotatable bonds is 3. The number of thiazole rings is 1. The molecule has 2 aromatic heterocycles. The van der Waals surface area contributed by atoms with E-state index in [-0.39, 0.29) is 6.10 Å². The van der Waals surface area contributed by atoms with Gasteiger partial charge in [-0.3, -0.25) is 4.40 Å². The van der Waals surface area contributed by atoms with Gasteiger partial charge in [-0.25, -0.2) is 4.98 Å². The lowest BCUT2D eigenvalue weighted by molar-refractivity contribution is 0.170. The van der Waals surface area contributed by atoms with E-state index in [0.717, 1.165) is 17.1 Å². The summed E-state index contributed by atoms with van der Waals surface area (Å²) in [5.74, 6) is 0. The Morgan fingerprint density at radius 2 is 2.54 bits per heavy atom. The highest BCUT2D eigenvalue weighted by atomic mass is 32.1. The molecule has 2 aromatic rings. The fourth-order valence-electron chi connectivity index (χ4n) is 1.26. The summed E-state index contributed by atoms with van der Waals surface area (Å²) in [6.45, 7) is 1.98. The molecule has 0 spiro atoms. The van der Waals surface area contributed by atoms with E-state index >= 15 is 0 Å².